The summed E-state index contributed by atoms with van der Waals surface area (Å²) in [6.45, 7) is 6.01. The zero-order valence-corrected chi connectivity index (χ0v) is 12.7. The van der Waals surface area contributed by atoms with E-state index in [0.29, 0.717) is 5.13 Å². The number of halogens is 2. The van der Waals surface area contributed by atoms with Crippen LogP contribution in [0.3, 0.4) is 0 Å². The highest BCUT2D eigenvalue weighted by molar-refractivity contribution is 7.15. The Bertz CT molecular complexity index is 506. The zero-order chi connectivity index (χ0) is 13.5. The number of rotatable bonds is 3. The Balaban J connectivity index is 2.05. The Morgan fingerprint density at radius 2 is 2.22 bits per heavy atom. The number of anilines is 1. The minimum atomic E-state index is -0.106. The highest BCUT2D eigenvalue weighted by Gasteiger charge is 2.60. The highest BCUT2D eigenvalue weighted by atomic mass is 35.5. The van der Waals surface area contributed by atoms with Crippen LogP contribution in [-0.2, 0) is 4.79 Å². The first-order chi connectivity index (χ1) is 8.32. The molecule has 1 fully saturated rings. The van der Waals surface area contributed by atoms with E-state index >= 15 is 0 Å². The van der Waals surface area contributed by atoms with Crippen LogP contribution in [0.4, 0.5) is 5.13 Å². The van der Waals surface area contributed by atoms with Crippen LogP contribution in [0.15, 0.2) is 16.8 Å². The van der Waals surface area contributed by atoms with Crippen LogP contribution >= 0.6 is 34.5 Å². The third-order valence-corrected chi connectivity index (χ3v) is 4.43. The average Bonchev–Trinajstić information content (AvgIpc) is 2.56. The van der Waals surface area contributed by atoms with Gasteiger partial charge in [-0.05, 0) is 24.3 Å². The lowest BCUT2D eigenvalue weighted by molar-refractivity contribution is -0.118. The van der Waals surface area contributed by atoms with Gasteiger partial charge in [-0.15, -0.1) is 11.3 Å². The standard InChI is InChI=1S/C12H14Cl2N2OS/c1-6-5-15-11(18-6)16-10(17)9-7(4-8(13)14)12(9,2)3/h4-5,7,9H,1-3H3,(H,15,16,17). The smallest absolute Gasteiger partial charge is 0.230 e. The van der Waals surface area contributed by atoms with E-state index in [2.05, 4.69) is 10.3 Å². The van der Waals surface area contributed by atoms with Gasteiger partial charge in [0.1, 0.15) is 4.49 Å². The summed E-state index contributed by atoms with van der Waals surface area (Å²) in [5, 5.41) is 3.48. The molecule has 0 bridgehead atoms. The molecule has 6 heteroatoms. The van der Waals surface area contributed by atoms with Crippen LogP contribution in [0, 0.1) is 24.2 Å². The molecule has 3 nitrogen and oxygen atoms in total. The second kappa shape index (κ2) is 4.83. The molecule has 1 aliphatic carbocycles. The number of hydrogen-bond donors (Lipinski definition) is 1. The molecule has 1 saturated carbocycles. The van der Waals surface area contributed by atoms with E-state index in [1.54, 1.807) is 12.3 Å². The van der Waals surface area contributed by atoms with E-state index in [1.165, 1.54) is 11.3 Å². The number of aromatic nitrogens is 1. The van der Waals surface area contributed by atoms with Gasteiger partial charge >= 0.3 is 0 Å². The molecule has 0 spiro atoms. The lowest BCUT2D eigenvalue weighted by Gasteiger charge is -2.02. The molecule has 2 unspecified atom stereocenters. The van der Waals surface area contributed by atoms with Gasteiger partial charge in [0.05, 0.1) is 5.92 Å². The molecule has 1 aromatic rings. The summed E-state index contributed by atoms with van der Waals surface area (Å²) in [6.07, 6.45) is 3.48. The van der Waals surface area contributed by atoms with Crippen molar-refractivity contribution in [2.75, 3.05) is 5.32 Å². The van der Waals surface area contributed by atoms with Crippen molar-refractivity contribution in [1.82, 2.24) is 4.98 Å². The van der Waals surface area contributed by atoms with E-state index in [0.717, 1.165) is 4.88 Å². The molecule has 98 valence electrons. The summed E-state index contributed by atoms with van der Waals surface area (Å²) >= 11 is 12.8. The maximum atomic E-state index is 12.1. The van der Waals surface area contributed by atoms with Crippen molar-refractivity contribution in [3.8, 4) is 0 Å². The molecule has 1 aromatic heterocycles. The molecule has 0 aliphatic heterocycles. The van der Waals surface area contributed by atoms with Gasteiger partial charge in [-0.1, -0.05) is 37.0 Å². The Kier molecular flexibility index (Phi) is 3.72. The molecule has 1 heterocycles. The summed E-state index contributed by atoms with van der Waals surface area (Å²) in [7, 11) is 0. The van der Waals surface area contributed by atoms with Crippen LogP contribution in [0.1, 0.15) is 18.7 Å². The molecule has 1 amide bonds. The molecule has 0 saturated heterocycles. The van der Waals surface area contributed by atoms with E-state index in [9.17, 15) is 4.79 Å². The number of nitrogens with zero attached hydrogens (tertiary/aromatic N) is 1. The SMILES string of the molecule is Cc1cnc(NC(=O)C2C(C=C(Cl)Cl)C2(C)C)s1. The Labute approximate surface area is 120 Å². The van der Waals surface area contributed by atoms with Crippen molar-refractivity contribution in [3.63, 3.8) is 0 Å². The van der Waals surface area contributed by atoms with Gasteiger partial charge in [0.15, 0.2) is 5.13 Å². The van der Waals surface area contributed by atoms with E-state index in [4.69, 9.17) is 23.2 Å². The summed E-state index contributed by atoms with van der Waals surface area (Å²) in [4.78, 5) is 17.3. The minimum absolute atomic E-state index is 0.0230. The summed E-state index contributed by atoms with van der Waals surface area (Å²) in [5.74, 6) is -0.0389. The van der Waals surface area contributed by atoms with Crippen molar-refractivity contribution in [2.45, 2.75) is 20.8 Å². The second-order valence-electron chi connectivity index (χ2n) is 5.05. The Morgan fingerprint density at radius 3 is 2.72 bits per heavy atom. The van der Waals surface area contributed by atoms with Gasteiger partial charge in [0.25, 0.3) is 0 Å². The fourth-order valence-corrected chi connectivity index (χ4v) is 3.16. The van der Waals surface area contributed by atoms with Crippen molar-refractivity contribution in [3.05, 3.63) is 21.6 Å². The predicted molar refractivity (Wildman–Crippen MR) is 76.0 cm³/mol. The molecule has 0 radical (unpaired) electrons. The van der Waals surface area contributed by atoms with Crippen LogP contribution in [0.2, 0.25) is 0 Å². The van der Waals surface area contributed by atoms with Crippen LogP contribution < -0.4 is 5.32 Å². The van der Waals surface area contributed by atoms with E-state index in [-0.39, 0.29) is 27.6 Å². The Morgan fingerprint density at radius 1 is 1.56 bits per heavy atom. The predicted octanol–water partition coefficient (Wildman–Crippen LogP) is 3.98. The van der Waals surface area contributed by atoms with Crippen LogP contribution in [0.25, 0.3) is 0 Å². The Hall–Kier alpha value is -0.580. The van der Waals surface area contributed by atoms with Crippen LogP contribution in [-0.4, -0.2) is 10.9 Å². The van der Waals surface area contributed by atoms with Crippen LogP contribution in [0.5, 0.6) is 0 Å². The van der Waals surface area contributed by atoms with Crippen molar-refractivity contribution < 1.29 is 4.79 Å². The summed E-state index contributed by atoms with van der Waals surface area (Å²) in [6, 6.07) is 0. The van der Waals surface area contributed by atoms with E-state index < -0.39 is 0 Å². The quantitative estimate of drug-likeness (QED) is 0.917. The van der Waals surface area contributed by atoms with Crippen molar-refractivity contribution in [1.29, 1.82) is 0 Å². The van der Waals surface area contributed by atoms with Gasteiger partial charge in [-0.2, -0.15) is 0 Å². The maximum absolute atomic E-state index is 12.1. The number of amides is 1. The normalized spacial score (nSPS) is 24.5. The summed E-state index contributed by atoms with van der Waals surface area (Å²) < 4.78 is 0.216. The molecule has 2 rings (SSSR count). The lowest BCUT2D eigenvalue weighted by Crippen LogP contribution is -2.16. The molecule has 2 atom stereocenters. The van der Waals surface area contributed by atoms with Gasteiger partial charge in [0.2, 0.25) is 5.91 Å². The van der Waals surface area contributed by atoms with Crippen molar-refractivity contribution >= 4 is 45.6 Å². The van der Waals surface area contributed by atoms with Crippen molar-refractivity contribution in [2.24, 2.45) is 17.3 Å². The van der Waals surface area contributed by atoms with Gasteiger partial charge in [0, 0.05) is 11.1 Å². The topological polar surface area (TPSA) is 42.0 Å². The lowest BCUT2D eigenvalue weighted by atomic mass is 10.1. The third kappa shape index (κ3) is 2.71. The number of carbonyl (C=O) groups is 1. The highest BCUT2D eigenvalue weighted by Crippen LogP contribution is 2.60. The molecular weight excluding hydrogens is 291 g/mol. The number of aryl methyl sites for hydroxylation is 1. The molecular formula is C12H14Cl2N2OS. The molecule has 0 aromatic carbocycles. The summed E-state index contributed by atoms with van der Waals surface area (Å²) in [5.41, 5.74) is -0.106. The molecule has 1 N–H and O–H groups in total. The largest absolute Gasteiger partial charge is 0.302 e. The number of thiazole rings is 1. The third-order valence-electron chi connectivity index (χ3n) is 3.35. The van der Waals surface area contributed by atoms with Gasteiger partial charge in [-0.25, -0.2) is 4.98 Å². The van der Waals surface area contributed by atoms with E-state index in [1.807, 2.05) is 20.8 Å². The number of allylic oxidation sites excluding steroid dienone is 1. The van der Waals surface area contributed by atoms with Gasteiger partial charge in [-0.3, -0.25) is 4.79 Å². The maximum Gasteiger partial charge on any atom is 0.230 e. The monoisotopic (exact) mass is 304 g/mol. The second-order valence-corrected chi connectivity index (χ2v) is 7.29. The first-order valence-corrected chi connectivity index (χ1v) is 7.15. The minimum Gasteiger partial charge on any atom is -0.302 e. The first-order valence-electron chi connectivity index (χ1n) is 5.58. The first kappa shape index (κ1) is 13.8. The molecule has 1 aliphatic rings. The fourth-order valence-electron chi connectivity index (χ4n) is 2.22. The molecule has 18 heavy (non-hydrogen) atoms. The fraction of sp³-hybridized carbons (Fsp3) is 0.500. The number of carbonyl (C=O) groups excluding carboxylic acids is 1. The average molecular weight is 305 g/mol. The van der Waals surface area contributed by atoms with Gasteiger partial charge < -0.3 is 5.32 Å². The number of hydrogen-bond acceptors (Lipinski definition) is 3. The zero-order valence-electron chi connectivity index (χ0n) is 10.3. The number of nitrogens with one attached hydrogen (secondary N) is 1.